The van der Waals surface area contributed by atoms with E-state index in [1.807, 2.05) is 125 Å². The first-order valence-electron chi connectivity index (χ1n) is 23.4. The summed E-state index contributed by atoms with van der Waals surface area (Å²) in [5.41, 5.74) is -3.68. The van der Waals surface area contributed by atoms with Crippen molar-refractivity contribution in [1.82, 2.24) is 0 Å². The molecule has 0 aromatic carbocycles. The van der Waals surface area contributed by atoms with Gasteiger partial charge in [0, 0.05) is 0 Å². The zero-order chi connectivity index (χ0) is 49.7. The van der Waals surface area contributed by atoms with Gasteiger partial charge in [-0.05, 0) is 32.5 Å². The second kappa shape index (κ2) is 37.4. The summed E-state index contributed by atoms with van der Waals surface area (Å²) in [6.45, 7) is 53.7. The summed E-state index contributed by atoms with van der Waals surface area (Å²) in [4.78, 5) is 0. The Bertz CT molecular complexity index is 785. The van der Waals surface area contributed by atoms with Crippen LogP contribution in [0.4, 0.5) is 0 Å². The molecule has 15 heteroatoms. The molecule has 2 heterocycles. The van der Waals surface area contributed by atoms with Crippen molar-refractivity contribution >= 4 is 0 Å². The standard InChI is InChI=1S/2C10H20O5.3C10H21O.Fe.K/c2*1-2-12-5-6-14-9-10-15-8-7-13-4-3-11-1;3*1-8(2,3)10(7,11)9(4,5)6;;/h2*1-10H2;3*1-7H3;;/q;;3*-1;+2;+1. The van der Waals surface area contributed by atoms with Gasteiger partial charge in [-0.15, -0.1) is 16.8 Å². The Morgan fingerprint density at radius 2 is 0.262 bits per heavy atom. The minimum atomic E-state index is -0.875. The van der Waals surface area contributed by atoms with Gasteiger partial charge in [-0.3, -0.25) is 0 Å². The molecule has 0 atom stereocenters. The zero-order valence-electron chi connectivity index (χ0n) is 46.3. The van der Waals surface area contributed by atoms with Gasteiger partial charge in [0.15, 0.2) is 0 Å². The summed E-state index contributed by atoms with van der Waals surface area (Å²) in [5, 5.41) is 36.4. The average Bonchev–Trinajstić information content (AvgIpc) is 3.14. The van der Waals surface area contributed by atoms with Crippen LogP contribution in [-0.2, 0) is 64.4 Å². The summed E-state index contributed by atoms with van der Waals surface area (Å²) < 4.78 is 52.8. The van der Waals surface area contributed by atoms with E-state index >= 15 is 0 Å². The smallest absolute Gasteiger partial charge is 0.849 e. The predicted octanol–water partition coefficient (Wildman–Crippen LogP) is 3.76. The van der Waals surface area contributed by atoms with Gasteiger partial charge >= 0.3 is 68.5 Å². The van der Waals surface area contributed by atoms with Gasteiger partial charge in [0.25, 0.3) is 0 Å². The van der Waals surface area contributed by atoms with Crippen LogP contribution < -0.4 is 66.7 Å². The van der Waals surface area contributed by atoms with Crippen molar-refractivity contribution in [1.29, 1.82) is 0 Å². The molecule has 2 aliphatic rings. The minimum Gasteiger partial charge on any atom is -0.849 e. The first kappa shape index (κ1) is 75.6. The van der Waals surface area contributed by atoms with Crippen LogP contribution >= 0.6 is 0 Å². The molecule has 0 aromatic heterocycles. The van der Waals surface area contributed by atoms with Gasteiger partial charge in [0.05, 0.1) is 132 Å². The van der Waals surface area contributed by atoms with Crippen molar-refractivity contribution in [2.75, 3.05) is 132 Å². The van der Waals surface area contributed by atoms with Gasteiger partial charge < -0.3 is 62.7 Å². The van der Waals surface area contributed by atoms with Crippen molar-refractivity contribution in [3.63, 3.8) is 0 Å². The van der Waals surface area contributed by atoms with Crippen LogP contribution in [0.25, 0.3) is 0 Å². The van der Waals surface area contributed by atoms with Crippen LogP contribution in [0.1, 0.15) is 145 Å². The summed E-state index contributed by atoms with van der Waals surface area (Å²) in [6.07, 6.45) is 0. The molecule has 0 aromatic rings. The van der Waals surface area contributed by atoms with E-state index in [-0.39, 0.29) is 101 Å². The first-order valence-corrected chi connectivity index (χ1v) is 23.4. The summed E-state index contributed by atoms with van der Waals surface area (Å²) in [6, 6.07) is 0. The van der Waals surface area contributed by atoms with E-state index in [1.165, 1.54) is 0 Å². The first-order chi connectivity index (χ1) is 28.5. The van der Waals surface area contributed by atoms with Crippen molar-refractivity contribution in [2.24, 2.45) is 32.5 Å². The molecular weight excluding hydrogens is 903 g/mol. The van der Waals surface area contributed by atoms with Crippen molar-refractivity contribution in [3.05, 3.63) is 0 Å². The Hall–Kier alpha value is 1.64. The maximum absolute atomic E-state index is 12.1. The van der Waals surface area contributed by atoms with Crippen LogP contribution in [0, 0.1) is 32.5 Å². The molecule has 0 bridgehead atoms. The zero-order valence-corrected chi connectivity index (χ0v) is 50.5. The van der Waals surface area contributed by atoms with E-state index in [0.29, 0.717) is 132 Å². The fourth-order valence-electron chi connectivity index (χ4n) is 5.57. The monoisotopic (exact) mass is 1010 g/mol. The van der Waals surface area contributed by atoms with Crippen LogP contribution in [0.5, 0.6) is 0 Å². The van der Waals surface area contributed by atoms with E-state index in [4.69, 9.17) is 47.4 Å². The van der Waals surface area contributed by atoms with E-state index in [0.717, 1.165) is 0 Å². The van der Waals surface area contributed by atoms with E-state index in [1.54, 1.807) is 20.8 Å². The molecule has 0 spiro atoms. The van der Waals surface area contributed by atoms with Crippen molar-refractivity contribution in [2.45, 2.75) is 162 Å². The van der Waals surface area contributed by atoms with Crippen LogP contribution in [0.15, 0.2) is 0 Å². The Morgan fingerprint density at radius 1 is 0.200 bits per heavy atom. The third-order valence-corrected chi connectivity index (χ3v) is 12.3. The fourth-order valence-corrected chi connectivity index (χ4v) is 5.57. The molecule has 2 saturated heterocycles. The quantitative estimate of drug-likeness (QED) is 0.323. The largest absolute Gasteiger partial charge is 2.00 e. The summed E-state index contributed by atoms with van der Waals surface area (Å²) >= 11 is 0. The third kappa shape index (κ3) is 36.2. The summed E-state index contributed by atoms with van der Waals surface area (Å²) in [5.74, 6) is 0. The molecule has 0 N–H and O–H groups in total. The Morgan fingerprint density at radius 3 is 0.292 bits per heavy atom. The molecule has 2 fully saturated rings. The number of ether oxygens (including phenoxy) is 10. The normalized spacial score (nSPS) is 18.8. The second-order valence-electron chi connectivity index (χ2n) is 22.7. The fraction of sp³-hybridized carbons (Fsp3) is 1.00. The van der Waals surface area contributed by atoms with Gasteiger partial charge in [0.2, 0.25) is 0 Å². The van der Waals surface area contributed by atoms with Gasteiger partial charge in [-0.2, -0.15) is 0 Å². The molecule has 2 aliphatic heterocycles. The second-order valence-corrected chi connectivity index (χ2v) is 22.7. The third-order valence-electron chi connectivity index (χ3n) is 12.3. The average molecular weight is 1010 g/mol. The van der Waals surface area contributed by atoms with Crippen molar-refractivity contribution < 1.29 is 131 Å². The molecule has 0 unspecified atom stereocenters. The van der Waals surface area contributed by atoms with Crippen molar-refractivity contribution in [3.8, 4) is 0 Å². The molecule has 0 radical (unpaired) electrons. The Labute approximate surface area is 454 Å². The van der Waals surface area contributed by atoms with Gasteiger partial charge in [-0.25, -0.2) is 0 Å². The summed E-state index contributed by atoms with van der Waals surface area (Å²) in [7, 11) is 0. The molecule has 0 saturated carbocycles. The predicted molar refractivity (Wildman–Crippen MR) is 250 cm³/mol. The molecule has 13 nitrogen and oxygen atoms in total. The number of hydrogen-bond donors (Lipinski definition) is 0. The molecule has 390 valence electrons. The maximum Gasteiger partial charge on any atom is 2.00 e. The Kier molecular flexibility index (Phi) is 43.5. The molecule has 2 rings (SSSR count). The van der Waals surface area contributed by atoms with Gasteiger partial charge in [0.1, 0.15) is 0 Å². The number of hydrogen-bond acceptors (Lipinski definition) is 13. The Balaban J connectivity index is -0.000000231. The minimum absolute atomic E-state index is 0. The van der Waals surface area contributed by atoms with E-state index in [2.05, 4.69) is 0 Å². The van der Waals surface area contributed by atoms with E-state index in [9.17, 15) is 15.3 Å². The van der Waals surface area contributed by atoms with Gasteiger partial charge in [-0.1, -0.05) is 145 Å². The SMILES string of the molecule is C1COCCOCCOCCOCCO1.C1COCCOCCOCCOCCO1.CC(C)(C)C(C)([O-])C(C)(C)C.CC(C)(C)C(C)([O-])C(C)(C)C.CC(C)(C)C(C)([O-])C(C)(C)C.[Fe+2].[K+]. The van der Waals surface area contributed by atoms with Crippen LogP contribution in [0.3, 0.4) is 0 Å². The molecule has 0 amide bonds. The van der Waals surface area contributed by atoms with Crippen LogP contribution in [-0.4, -0.2) is 149 Å². The number of rotatable bonds is 0. The topological polar surface area (TPSA) is 161 Å². The maximum atomic E-state index is 12.1. The molecule has 65 heavy (non-hydrogen) atoms. The molecule has 0 aliphatic carbocycles. The van der Waals surface area contributed by atoms with Crippen LogP contribution in [0.2, 0.25) is 0 Å². The van der Waals surface area contributed by atoms with E-state index < -0.39 is 16.8 Å². The molecular formula is C50H103FeKO13.